The summed E-state index contributed by atoms with van der Waals surface area (Å²) < 4.78 is 0. The van der Waals surface area contributed by atoms with Crippen LogP contribution in [0, 0.1) is 0 Å². The molecule has 0 fully saturated rings. The van der Waals surface area contributed by atoms with Crippen molar-refractivity contribution >= 4 is 11.8 Å². The number of hydrogen-bond donors (Lipinski definition) is 3. The second-order valence-electron chi connectivity index (χ2n) is 4.64. The summed E-state index contributed by atoms with van der Waals surface area (Å²) in [5, 5.41) is 11.2. The standard InChI is InChI=1S/C14H22N2O3.C2H6/c17-13(15-12-8-4-3-5-9-12)10-6-1-2-7-11-14(18)16-19;1-2/h4,8-9,19H,1-3,5-7,10-11H2,(H,15,17)(H,16,18);1-2H3. The molecule has 0 atom stereocenters. The first kappa shape index (κ1) is 19.4. The van der Waals surface area contributed by atoms with Crippen molar-refractivity contribution in [3.63, 3.8) is 0 Å². The molecule has 21 heavy (non-hydrogen) atoms. The highest BCUT2D eigenvalue weighted by Crippen LogP contribution is 2.08. The molecule has 120 valence electrons. The molecule has 0 bridgehead atoms. The highest BCUT2D eigenvalue weighted by atomic mass is 16.5. The molecule has 1 aliphatic carbocycles. The Bertz CT molecular complexity index is 363. The molecule has 0 aliphatic heterocycles. The number of carbonyl (C=O) groups is 2. The van der Waals surface area contributed by atoms with Gasteiger partial charge >= 0.3 is 0 Å². The van der Waals surface area contributed by atoms with Crippen LogP contribution >= 0.6 is 0 Å². The van der Waals surface area contributed by atoms with E-state index in [0.717, 1.165) is 44.2 Å². The van der Waals surface area contributed by atoms with Gasteiger partial charge in [0.15, 0.2) is 0 Å². The smallest absolute Gasteiger partial charge is 0.243 e. The lowest BCUT2D eigenvalue weighted by Gasteiger charge is -2.08. The number of amides is 2. The zero-order chi connectivity index (χ0) is 15.9. The monoisotopic (exact) mass is 296 g/mol. The number of hydrogen-bond acceptors (Lipinski definition) is 3. The molecule has 0 aromatic heterocycles. The van der Waals surface area contributed by atoms with Gasteiger partial charge in [-0.2, -0.15) is 0 Å². The van der Waals surface area contributed by atoms with Crippen molar-refractivity contribution in [3.8, 4) is 0 Å². The largest absolute Gasteiger partial charge is 0.326 e. The summed E-state index contributed by atoms with van der Waals surface area (Å²) in [5.41, 5.74) is 2.50. The summed E-state index contributed by atoms with van der Waals surface area (Å²) >= 11 is 0. The number of unbranched alkanes of at least 4 members (excludes halogenated alkanes) is 3. The molecule has 5 nitrogen and oxygen atoms in total. The van der Waals surface area contributed by atoms with E-state index in [0.29, 0.717) is 12.8 Å². The molecule has 0 saturated heterocycles. The third-order valence-electron chi connectivity index (χ3n) is 2.96. The average Bonchev–Trinajstić information content (AvgIpc) is 2.53. The second-order valence-corrected chi connectivity index (χ2v) is 4.64. The highest BCUT2D eigenvalue weighted by molar-refractivity contribution is 5.78. The van der Waals surface area contributed by atoms with Gasteiger partial charge in [0.2, 0.25) is 11.8 Å². The van der Waals surface area contributed by atoms with Crippen molar-refractivity contribution in [1.82, 2.24) is 10.8 Å². The SMILES string of the molecule is CC.O=C(CCCCCCC(=O)NC1=CCCC=C1)NO. The minimum Gasteiger partial charge on any atom is -0.326 e. The Morgan fingerprint density at radius 3 is 2.19 bits per heavy atom. The first-order valence-corrected chi connectivity index (χ1v) is 7.82. The first-order valence-electron chi connectivity index (χ1n) is 7.82. The van der Waals surface area contributed by atoms with E-state index in [9.17, 15) is 9.59 Å². The van der Waals surface area contributed by atoms with Gasteiger partial charge in [-0.15, -0.1) is 0 Å². The van der Waals surface area contributed by atoms with Gasteiger partial charge in [-0.05, 0) is 31.8 Å². The zero-order valence-corrected chi connectivity index (χ0v) is 13.2. The second kappa shape index (κ2) is 13.4. The molecule has 0 unspecified atom stereocenters. The Hall–Kier alpha value is -1.62. The lowest BCUT2D eigenvalue weighted by molar-refractivity contribution is -0.129. The summed E-state index contributed by atoms with van der Waals surface area (Å²) in [4.78, 5) is 22.4. The van der Waals surface area contributed by atoms with Crippen molar-refractivity contribution in [3.05, 3.63) is 23.9 Å². The average molecular weight is 296 g/mol. The van der Waals surface area contributed by atoms with Gasteiger partial charge in [0, 0.05) is 18.5 Å². The van der Waals surface area contributed by atoms with Crippen LogP contribution in [0.15, 0.2) is 23.9 Å². The molecule has 0 radical (unpaired) electrons. The van der Waals surface area contributed by atoms with Crippen LogP contribution in [0.5, 0.6) is 0 Å². The molecule has 3 N–H and O–H groups in total. The number of allylic oxidation sites excluding steroid dienone is 3. The van der Waals surface area contributed by atoms with Crippen LogP contribution in [-0.4, -0.2) is 17.0 Å². The Balaban J connectivity index is 0.00000191. The highest BCUT2D eigenvalue weighted by Gasteiger charge is 2.04. The lowest BCUT2D eigenvalue weighted by Crippen LogP contribution is -2.22. The van der Waals surface area contributed by atoms with Gasteiger partial charge in [0.25, 0.3) is 0 Å². The van der Waals surface area contributed by atoms with Gasteiger partial charge < -0.3 is 5.32 Å². The normalized spacial score (nSPS) is 12.8. The fourth-order valence-corrected chi connectivity index (χ4v) is 1.91. The fourth-order valence-electron chi connectivity index (χ4n) is 1.91. The van der Waals surface area contributed by atoms with Gasteiger partial charge in [0.1, 0.15) is 0 Å². The maximum atomic E-state index is 11.6. The number of hydroxylamine groups is 1. The summed E-state index contributed by atoms with van der Waals surface area (Å²) in [6, 6.07) is 0. The fraction of sp³-hybridized carbons (Fsp3) is 0.625. The van der Waals surface area contributed by atoms with Crippen LogP contribution in [0.3, 0.4) is 0 Å². The van der Waals surface area contributed by atoms with E-state index in [1.54, 1.807) is 5.48 Å². The van der Waals surface area contributed by atoms with Crippen molar-refractivity contribution in [2.75, 3.05) is 0 Å². The Morgan fingerprint density at radius 2 is 1.67 bits per heavy atom. The van der Waals surface area contributed by atoms with E-state index in [1.165, 1.54) is 0 Å². The van der Waals surface area contributed by atoms with Crippen LogP contribution in [0.25, 0.3) is 0 Å². The minimum absolute atomic E-state index is 0.0471. The first-order chi connectivity index (χ1) is 10.2. The summed E-state index contributed by atoms with van der Waals surface area (Å²) in [6.07, 6.45) is 12.3. The maximum absolute atomic E-state index is 11.6. The summed E-state index contributed by atoms with van der Waals surface area (Å²) in [5.74, 6) is -0.306. The molecule has 2 amide bonds. The number of rotatable bonds is 8. The number of nitrogens with one attached hydrogen (secondary N) is 2. The topological polar surface area (TPSA) is 78.4 Å². The van der Waals surface area contributed by atoms with Gasteiger partial charge in [0.05, 0.1) is 0 Å². The van der Waals surface area contributed by atoms with Crippen LogP contribution < -0.4 is 10.8 Å². The Kier molecular flexibility index (Phi) is 12.3. The van der Waals surface area contributed by atoms with E-state index in [-0.39, 0.29) is 11.8 Å². The molecule has 0 spiro atoms. The van der Waals surface area contributed by atoms with Crippen molar-refractivity contribution in [2.24, 2.45) is 0 Å². The third kappa shape index (κ3) is 10.8. The van der Waals surface area contributed by atoms with Gasteiger partial charge in [-0.3, -0.25) is 14.8 Å². The van der Waals surface area contributed by atoms with Crippen molar-refractivity contribution in [1.29, 1.82) is 0 Å². The molecule has 0 saturated carbocycles. The van der Waals surface area contributed by atoms with Crippen molar-refractivity contribution < 1.29 is 14.8 Å². The summed E-state index contributed by atoms with van der Waals surface area (Å²) in [7, 11) is 0. The molecule has 1 rings (SSSR count). The van der Waals surface area contributed by atoms with E-state index in [4.69, 9.17) is 5.21 Å². The van der Waals surface area contributed by atoms with Crippen LogP contribution in [0.1, 0.15) is 65.2 Å². The molecular formula is C16H28N2O3. The lowest BCUT2D eigenvalue weighted by atomic mass is 10.1. The molecule has 0 heterocycles. The third-order valence-corrected chi connectivity index (χ3v) is 2.96. The van der Waals surface area contributed by atoms with Crippen molar-refractivity contribution in [2.45, 2.75) is 65.2 Å². The molecule has 0 aromatic rings. The predicted molar refractivity (Wildman–Crippen MR) is 83.6 cm³/mol. The van der Waals surface area contributed by atoms with E-state index < -0.39 is 0 Å². The van der Waals surface area contributed by atoms with Crippen LogP contribution in [0.4, 0.5) is 0 Å². The van der Waals surface area contributed by atoms with E-state index >= 15 is 0 Å². The van der Waals surface area contributed by atoms with E-state index in [1.807, 2.05) is 26.0 Å². The molecule has 0 aromatic carbocycles. The Morgan fingerprint density at radius 1 is 1.05 bits per heavy atom. The predicted octanol–water partition coefficient (Wildman–Crippen LogP) is 3.21. The molecule has 1 aliphatic rings. The van der Waals surface area contributed by atoms with Gasteiger partial charge in [-0.25, -0.2) is 5.48 Å². The minimum atomic E-state index is -0.353. The Labute approximate surface area is 127 Å². The zero-order valence-electron chi connectivity index (χ0n) is 13.2. The quantitative estimate of drug-likeness (QED) is 0.365. The van der Waals surface area contributed by atoms with Crippen LogP contribution in [-0.2, 0) is 9.59 Å². The summed E-state index contributed by atoms with van der Waals surface area (Å²) in [6.45, 7) is 4.00. The molecule has 5 heteroatoms. The number of carbonyl (C=O) groups excluding carboxylic acids is 2. The molecular weight excluding hydrogens is 268 g/mol. The maximum Gasteiger partial charge on any atom is 0.243 e. The van der Waals surface area contributed by atoms with E-state index in [2.05, 4.69) is 11.4 Å². The van der Waals surface area contributed by atoms with Crippen LogP contribution in [0.2, 0.25) is 0 Å². The van der Waals surface area contributed by atoms with Gasteiger partial charge in [-0.1, -0.05) is 38.8 Å².